The molecule has 1 aromatic carbocycles. The molecular weight excluding hydrogens is 264 g/mol. The minimum absolute atomic E-state index is 0.00840. The van der Waals surface area contributed by atoms with Crippen LogP contribution >= 0.6 is 0 Å². The summed E-state index contributed by atoms with van der Waals surface area (Å²) >= 11 is 0. The van der Waals surface area contributed by atoms with E-state index >= 15 is 0 Å². The van der Waals surface area contributed by atoms with Gasteiger partial charge in [-0.25, -0.2) is 0 Å². The Kier molecular flexibility index (Phi) is 6.48. The Morgan fingerprint density at radius 2 is 1.86 bits per heavy atom. The summed E-state index contributed by atoms with van der Waals surface area (Å²) in [6.07, 6.45) is 8.89. The Labute approximate surface area is 126 Å². The zero-order valence-electron chi connectivity index (χ0n) is 12.8. The summed E-state index contributed by atoms with van der Waals surface area (Å²) in [5.74, 6) is -0.00840. The van der Waals surface area contributed by atoms with E-state index in [2.05, 4.69) is 6.92 Å². The maximum Gasteiger partial charge on any atom is 0.192 e. The van der Waals surface area contributed by atoms with Crippen molar-refractivity contribution in [3.05, 3.63) is 36.1 Å². The summed E-state index contributed by atoms with van der Waals surface area (Å²) in [7, 11) is 0. The molecule has 0 radical (unpaired) electrons. The highest BCUT2D eigenvalue weighted by Gasteiger charge is 2.13. The fourth-order valence-corrected chi connectivity index (χ4v) is 2.42. The van der Waals surface area contributed by atoms with E-state index < -0.39 is 0 Å². The molecule has 0 fully saturated rings. The number of unbranched alkanes of at least 4 members (excludes halogenated alkanes) is 5. The second-order valence-electron chi connectivity index (χ2n) is 5.39. The van der Waals surface area contributed by atoms with E-state index in [1.165, 1.54) is 38.4 Å². The maximum atomic E-state index is 12.1. The van der Waals surface area contributed by atoms with Crippen molar-refractivity contribution in [3.63, 3.8) is 0 Å². The number of carbonyl (C=O) groups excluding carboxylic acids is 1. The van der Waals surface area contributed by atoms with Crippen LogP contribution in [0.1, 0.15) is 55.8 Å². The van der Waals surface area contributed by atoms with Crippen molar-refractivity contribution >= 4 is 16.8 Å². The zero-order chi connectivity index (χ0) is 14.9. The Morgan fingerprint density at radius 3 is 2.71 bits per heavy atom. The molecule has 0 aliphatic rings. The standard InChI is InChI=1S/C18H24O3/c1-2-3-4-5-6-9-12-20-14-17(19)16-13-21-18-11-8-7-10-15(16)18/h7-8,10-11,13H,2-6,9,12,14H2,1H3. The van der Waals surface area contributed by atoms with Gasteiger partial charge in [0.2, 0.25) is 0 Å². The molecule has 0 saturated carbocycles. The van der Waals surface area contributed by atoms with E-state index in [4.69, 9.17) is 9.15 Å². The predicted octanol–water partition coefficient (Wildman–Crippen LogP) is 4.99. The van der Waals surface area contributed by atoms with Gasteiger partial charge in [-0.05, 0) is 12.5 Å². The summed E-state index contributed by atoms with van der Waals surface area (Å²) in [6, 6.07) is 7.57. The van der Waals surface area contributed by atoms with Crippen molar-refractivity contribution in [3.8, 4) is 0 Å². The first-order valence-electron chi connectivity index (χ1n) is 7.90. The van der Waals surface area contributed by atoms with Crippen LogP contribution in [-0.4, -0.2) is 19.0 Å². The van der Waals surface area contributed by atoms with Crippen LogP contribution in [0.2, 0.25) is 0 Å². The topological polar surface area (TPSA) is 39.4 Å². The lowest BCUT2D eigenvalue weighted by atomic mass is 10.1. The second-order valence-corrected chi connectivity index (χ2v) is 5.39. The van der Waals surface area contributed by atoms with E-state index in [-0.39, 0.29) is 12.4 Å². The van der Waals surface area contributed by atoms with Gasteiger partial charge in [0.1, 0.15) is 18.5 Å². The smallest absolute Gasteiger partial charge is 0.192 e. The highest BCUT2D eigenvalue weighted by molar-refractivity contribution is 6.07. The third-order valence-electron chi connectivity index (χ3n) is 3.66. The summed E-state index contributed by atoms with van der Waals surface area (Å²) in [4.78, 5) is 12.1. The lowest BCUT2D eigenvalue weighted by Crippen LogP contribution is -2.09. The molecular formula is C18H24O3. The molecule has 0 atom stereocenters. The molecule has 0 N–H and O–H groups in total. The molecule has 2 aromatic rings. The molecule has 1 aromatic heterocycles. The van der Waals surface area contributed by atoms with Gasteiger partial charge in [0.15, 0.2) is 5.78 Å². The number of carbonyl (C=O) groups is 1. The van der Waals surface area contributed by atoms with Gasteiger partial charge in [-0.3, -0.25) is 4.79 Å². The monoisotopic (exact) mass is 288 g/mol. The second kappa shape index (κ2) is 8.63. The molecule has 114 valence electrons. The van der Waals surface area contributed by atoms with Gasteiger partial charge >= 0.3 is 0 Å². The Bertz CT molecular complexity index is 556. The quantitative estimate of drug-likeness (QED) is 0.456. The largest absolute Gasteiger partial charge is 0.464 e. The molecule has 3 nitrogen and oxygen atoms in total. The van der Waals surface area contributed by atoms with Crippen molar-refractivity contribution < 1.29 is 13.9 Å². The molecule has 3 heteroatoms. The minimum Gasteiger partial charge on any atom is -0.464 e. The van der Waals surface area contributed by atoms with Gasteiger partial charge in [-0.2, -0.15) is 0 Å². The summed E-state index contributed by atoms with van der Waals surface area (Å²) < 4.78 is 10.9. The first-order valence-corrected chi connectivity index (χ1v) is 7.90. The van der Waals surface area contributed by atoms with Gasteiger partial charge in [0, 0.05) is 12.0 Å². The number of para-hydroxylation sites is 1. The van der Waals surface area contributed by atoms with Gasteiger partial charge in [-0.1, -0.05) is 57.2 Å². The molecule has 21 heavy (non-hydrogen) atoms. The van der Waals surface area contributed by atoms with Crippen molar-refractivity contribution in [2.45, 2.75) is 45.4 Å². The van der Waals surface area contributed by atoms with Gasteiger partial charge < -0.3 is 9.15 Å². The molecule has 0 unspecified atom stereocenters. The molecule has 0 amide bonds. The first kappa shape index (κ1) is 15.8. The summed E-state index contributed by atoms with van der Waals surface area (Å²) in [6.45, 7) is 3.01. The molecule has 0 aliphatic heterocycles. The molecule has 0 bridgehead atoms. The number of Topliss-reactive ketones (excluding diaryl/α,β-unsaturated/α-hetero) is 1. The van der Waals surface area contributed by atoms with Crippen LogP contribution in [0.5, 0.6) is 0 Å². The molecule has 1 heterocycles. The lowest BCUT2D eigenvalue weighted by Gasteiger charge is -2.03. The molecule has 0 saturated heterocycles. The average molecular weight is 288 g/mol. The first-order chi connectivity index (χ1) is 10.3. The van der Waals surface area contributed by atoms with Crippen molar-refractivity contribution in [1.29, 1.82) is 0 Å². The predicted molar refractivity (Wildman–Crippen MR) is 84.7 cm³/mol. The van der Waals surface area contributed by atoms with Crippen LogP contribution in [0.4, 0.5) is 0 Å². The van der Waals surface area contributed by atoms with E-state index in [1.807, 2.05) is 24.3 Å². The highest BCUT2D eigenvalue weighted by atomic mass is 16.5. The van der Waals surface area contributed by atoms with Crippen LogP contribution in [-0.2, 0) is 4.74 Å². The number of hydrogen-bond acceptors (Lipinski definition) is 3. The van der Waals surface area contributed by atoms with E-state index in [9.17, 15) is 4.79 Å². The fraction of sp³-hybridized carbons (Fsp3) is 0.500. The number of fused-ring (bicyclic) bond motifs is 1. The summed E-state index contributed by atoms with van der Waals surface area (Å²) in [5.41, 5.74) is 1.37. The SMILES string of the molecule is CCCCCCCCOCC(=O)c1coc2ccccc12. The number of benzene rings is 1. The van der Waals surface area contributed by atoms with Crippen LogP contribution in [0, 0.1) is 0 Å². The van der Waals surface area contributed by atoms with Crippen molar-refractivity contribution in [1.82, 2.24) is 0 Å². The van der Waals surface area contributed by atoms with E-state index in [0.717, 1.165) is 17.4 Å². The number of rotatable bonds is 10. The van der Waals surface area contributed by atoms with Gasteiger partial charge in [-0.15, -0.1) is 0 Å². The molecule has 2 rings (SSSR count). The van der Waals surface area contributed by atoms with E-state index in [0.29, 0.717) is 12.2 Å². The summed E-state index contributed by atoms with van der Waals surface area (Å²) in [5, 5.41) is 0.866. The molecule has 0 spiro atoms. The van der Waals surface area contributed by atoms with Crippen molar-refractivity contribution in [2.75, 3.05) is 13.2 Å². The average Bonchev–Trinajstić information content (AvgIpc) is 2.94. The Hall–Kier alpha value is -1.61. The number of furan rings is 1. The van der Waals surface area contributed by atoms with Crippen LogP contribution in [0.3, 0.4) is 0 Å². The third-order valence-corrected chi connectivity index (χ3v) is 3.66. The van der Waals surface area contributed by atoms with E-state index in [1.54, 1.807) is 0 Å². The van der Waals surface area contributed by atoms with Gasteiger partial charge in [0.25, 0.3) is 0 Å². The maximum absolute atomic E-state index is 12.1. The Balaban J connectivity index is 1.68. The zero-order valence-corrected chi connectivity index (χ0v) is 12.8. The minimum atomic E-state index is -0.00840. The number of ketones is 1. The van der Waals surface area contributed by atoms with Crippen LogP contribution in [0.25, 0.3) is 11.0 Å². The molecule has 0 aliphatic carbocycles. The number of hydrogen-bond donors (Lipinski definition) is 0. The van der Waals surface area contributed by atoms with Crippen LogP contribution in [0.15, 0.2) is 34.9 Å². The van der Waals surface area contributed by atoms with Crippen molar-refractivity contribution in [2.24, 2.45) is 0 Å². The highest BCUT2D eigenvalue weighted by Crippen LogP contribution is 2.21. The fourth-order valence-electron chi connectivity index (χ4n) is 2.42. The third kappa shape index (κ3) is 4.71. The Morgan fingerprint density at radius 1 is 1.10 bits per heavy atom. The lowest BCUT2D eigenvalue weighted by molar-refractivity contribution is 0.0753. The van der Waals surface area contributed by atoms with Crippen LogP contribution < -0.4 is 0 Å². The normalized spacial score (nSPS) is 11.1. The van der Waals surface area contributed by atoms with Gasteiger partial charge in [0.05, 0.1) is 5.56 Å². The number of ether oxygens (including phenoxy) is 1.